The maximum absolute atomic E-state index is 12.2. The number of aromatic carboxylic acids is 1. The van der Waals surface area contributed by atoms with Gasteiger partial charge in [-0.2, -0.15) is 0 Å². The average Bonchev–Trinajstić information content (AvgIpc) is 3.14. The molecule has 0 bridgehead atoms. The van der Waals surface area contributed by atoms with Gasteiger partial charge in [0, 0.05) is 18.7 Å². The molecule has 3 rings (SSSR count). The molecule has 1 aliphatic heterocycles. The zero-order valence-corrected chi connectivity index (χ0v) is 13.8. The zero-order chi connectivity index (χ0) is 17.8. The summed E-state index contributed by atoms with van der Waals surface area (Å²) in [6.45, 7) is 2.06. The highest BCUT2D eigenvalue weighted by Crippen LogP contribution is 2.28. The number of carboxylic acids is 1. The highest BCUT2D eigenvalue weighted by Gasteiger charge is 2.14. The Bertz CT molecular complexity index is 819. The van der Waals surface area contributed by atoms with Crippen LogP contribution in [0.25, 0.3) is 6.08 Å². The largest absolute Gasteiger partial charge is 0.478 e. The molecule has 128 valence electrons. The lowest BCUT2D eigenvalue weighted by Crippen LogP contribution is -2.18. The minimum atomic E-state index is -1.01. The molecule has 1 fully saturated rings. The molecule has 0 spiro atoms. The van der Waals surface area contributed by atoms with E-state index in [0.717, 1.165) is 24.3 Å². The van der Waals surface area contributed by atoms with Gasteiger partial charge >= 0.3 is 5.97 Å². The number of allylic oxidation sites excluding steroid dienone is 1. The molecular formula is C20H20N2O3. The van der Waals surface area contributed by atoms with Gasteiger partial charge < -0.3 is 15.7 Å². The van der Waals surface area contributed by atoms with E-state index in [1.807, 2.05) is 18.2 Å². The Hall–Kier alpha value is -3.08. The first-order valence-electron chi connectivity index (χ1n) is 8.25. The SMILES string of the molecule is Nc1cc(/C=C/C(=O)c2ccc(C(=O)O)cc2)ccc1N1CCCC1. The number of ketones is 1. The molecule has 1 heterocycles. The van der Waals surface area contributed by atoms with E-state index in [9.17, 15) is 9.59 Å². The highest BCUT2D eigenvalue weighted by atomic mass is 16.4. The molecule has 0 aromatic heterocycles. The summed E-state index contributed by atoms with van der Waals surface area (Å²) >= 11 is 0. The van der Waals surface area contributed by atoms with Crippen LogP contribution in [0.1, 0.15) is 39.1 Å². The fraction of sp³-hybridized carbons (Fsp3) is 0.200. The molecule has 0 amide bonds. The molecule has 0 aliphatic carbocycles. The van der Waals surface area contributed by atoms with Gasteiger partial charge in [0.15, 0.2) is 5.78 Å². The van der Waals surface area contributed by atoms with E-state index in [0.29, 0.717) is 11.3 Å². The number of anilines is 2. The molecule has 2 aromatic carbocycles. The van der Waals surface area contributed by atoms with E-state index in [1.54, 1.807) is 6.08 Å². The molecule has 0 saturated carbocycles. The smallest absolute Gasteiger partial charge is 0.335 e. The van der Waals surface area contributed by atoms with Crippen LogP contribution in [0.15, 0.2) is 48.5 Å². The van der Waals surface area contributed by atoms with Gasteiger partial charge in [0.25, 0.3) is 0 Å². The van der Waals surface area contributed by atoms with Crippen LogP contribution in [0.4, 0.5) is 11.4 Å². The summed E-state index contributed by atoms with van der Waals surface area (Å²) in [5.74, 6) is -1.19. The van der Waals surface area contributed by atoms with E-state index in [2.05, 4.69) is 4.90 Å². The number of nitrogens with zero attached hydrogens (tertiary/aromatic N) is 1. The molecule has 1 aliphatic rings. The topological polar surface area (TPSA) is 83.6 Å². The van der Waals surface area contributed by atoms with E-state index >= 15 is 0 Å². The minimum Gasteiger partial charge on any atom is -0.478 e. The lowest BCUT2D eigenvalue weighted by atomic mass is 10.1. The second-order valence-corrected chi connectivity index (χ2v) is 6.09. The molecule has 2 aromatic rings. The molecule has 0 atom stereocenters. The Labute approximate surface area is 146 Å². The van der Waals surface area contributed by atoms with Crippen LogP contribution in [0.5, 0.6) is 0 Å². The Morgan fingerprint density at radius 3 is 2.24 bits per heavy atom. The van der Waals surface area contributed by atoms with Gasteiger partial charge in [-0.1, -0.05) is 24.3 Å². The minimum absolute atomic E-state index is 0.158. The van der Waals surface area contributed by atoms with Gasteiger partial charge in [0.05, 0.1) is 16.9 Å². The maximum atomic E-state index is 12.2. The normalized spacial score (nSPS) is 14.2. The Morgan fingerprint density at radius 2 is 1.64 bits per heavy atom. The van der Waals surface area contributed by atoms with Crippen LogP contribution in [0.3, 0.4) is 0 Å². The summed E-state index contributed by atoms with van der Waals surface area (Å²) in [6, 6.07) is 11.7. The monoisotopic (exact) mass is 336 g/mol. The Morgan fingerprint density at radius 1 is 1.00 bits per heavy atom. The summed E-state index contributed by atoms with van der Waals surface area (Å²) in [5, 5.41) is 8.88. The second kappa shape index (κ2) is 7.21. The number of hydrogen-bond acceptors (Lipinski definition) is 4. The van der Waals surface area contributed by atoms with Crippen LogP contribution in [-0.2, 0) is 0 Å². The number of benzene rings is 2. The standard InChI is InChI=1S/C20H20N2O3/c21-17-13-14(3-9-18(17)22-11-1-2-12-22)4-10-19(23)15-5-7-16(8-6-15)20(24)25/h3-10,13H,1-2,11-12,21H2,(H,24,25)/b10-4+. The van der Waals surface area contributed by atoms with Crippen LogP contribution in [0, 0.1) is 0 Å². The van der Waals surface area contributed by atoms with E-state index in [1.165, 1.54) is 43.2 Å². The lowest BCUT2D eigenvalue weighted by molar-refractivity contribution is 0.0696. The van der Waals surface area contributed by atoms with Crippen molar-refractivity contribution in [3.63, 3.8) is 0 Å². The molecule has 0 unspecified atom stereocenters. The summed E-state index contributed by atoms with van der Waals surface area (Å²) in [5.41, 5.74) is 9.37. The molecule has 25 heavy (non-hydrogen) atoms. The molecule has 5 heteroatoms. The van der Waals surface area contributed by atoms with Crippen LogP contribution >= 0.6 is 0 Å². The van der Waals surface area contributed by atoms with E-state index in [-0.39, 0.29) is 11.3 Å². The van der Waals surface area contributed by atoms with Crippen molar-refractivity contribution < 1.29 is 14.7 Å². The van der Waals surface area contributed by atoms with Crippen molar-refractivity contribution in [1.29, 1.82) is 0 Å². The number of carboxylic acid groups (broad SMARTS) is 1. The van der Waals surface area contributed by atoms with Crippen LogP contribution < -0.4 is 10.6 Å². The van der Waals surface area contributed by atoms with Gasteiger partial charge in [-0.25, -0.2) is 4.79 Å². The first kappa shape index (κ1) is 16.8. The summed E-state index contributed by atoms with van der Waals surface area (Å²) in [4.78, 5) is 25.3. The molecule has 1 saturated heterocycles. The molecular weight excluding hydrogens is 316 g/mol. The number of carbonyl (C=O) groups is 2. The number of nitrogens with two attached hydrogens (primary N) is 1. The zero-order valence-electron chi connectivity index (χ0n) is 13.8. The van der Waals surface area contributed by atoms with Gasteiger partial charge in [-0.15, -0.1) is 0 Å². The highest BCUT2D eigenvalue weighted by molar-refractivity contribution is 6.07. The Balaban J connectivity index is 1.71. The second-order valence-electron chi connectivity index (χ2n) is 6.09. The van der Waals surface area contributed by atoms with Crippen molar-refractivity contribution in [1.82, 2.24) is 0 Å². The van der Waals surface area contributed by atoms with Crippen molar-refractivity contribution in [2.45, 2.75) is 12.8 Å². The van der Waals surface area contributed by atoms with Crippen LogP contribution in [0.2, 0.25) is 0 Å². The third-order valence-corrected chi connectivity index (χ3v) is 4.34. The van der Waals surface area contributed by atoms with Gasteiger partial charge in [0.2, 0.25) is 0 Å². The average molecular weight is 336 g/mol. The van der Waals surface area contributed by atoms with Crippen molar-refractivity contribution in [3.8, 4) is 0 Å². The van der Waals surface area contributed by atoms with Gasteiger partial charge in [-0.3, -0.25) is 4.79 Å². The van der Waals surface area contributed by atoms with E-state index in [4.69, 9.17) is 10.8 Å². The molecule has 0 radical (unpaired) electrons. The number of carbonyl (C=O) groups excluding carboxylic acids is 1. The number of hydrogen-bond donors (Lipinski definition) is 2. The lowest BCUT2D eigenvalue weighted by Gasteiger charge is -2.19. The van der Waals surface area contributed by atoms with Crippen LogP contribution in [-0.4, -0.2) is 29.9 Å². The fourth-order valence-corrected chi connectivity index (χ4v) is 2.97. The van der Waals surface area contributed by atoms with Crippen molar-refractivity contribution in [3.05, 3.63) is 65.2 Å². The molecule has 3 N–H and O–H groups in total. The van der Waals surface area contributed by atoms with E-state index < -0.39 is 5.97 Å². The van der Waals surface area contributed by atoms with Gasteiger partial charge in [0.1, 0.15) is 0 Å². The first-order chi connectivity index (χ1) is 12.0. The van der Waals surface area contributed by atoms with Gasteiger partial charge in [-0.05, 0) is 48.7 Å². The summed E-state index contributed by atoms with van der Waals surface area (Å²) in [6.07, 6.45) is 5.57. The predicted molar refractivity (Wildman–Crippen MR) is 99.1 cm³/mol. The Kier molecular flexibility index (Phi) is 4.84. The third kappa shape index (κ3) is 3.88. The number of rotatable bonds is 5. The molecule has 5 nitrogen and oxygen atoms in total. The summed E-state index contributed by atoms with van der Waals surface area (Å²) in [7, 11) is 0. The summed E-state index contributed by atoms with van der Waals surface area (Å²) < 4.78 is 0. The van der Waals surface area contributed by atoms with Crippen molar-refractivity contribution in [2.24, 2.45) is 0 Å². The third-order valence-electron chi connectivity index (χ3n) is 4.34. The van der Waals surface area contributed by atoms with Crippen molar-refractivity contribution in [2.75, 3.05) is 23.7 Å². The number of nitrogen functional groups attached to an aromatic ring is 1. The maximum Gasteiger partial charge on any atom is 0.335 e. The quantitative estimate of drug-likeness (QED) is 0.496. The van der Waals surface area contributed by atoms with Crippen molar-refractivity contribution >= 4 is 29.2 Å². The fourth-order valence-electron chi connectivity index (χ4n) is 2.97. The predicted octanol–water partition coefficient (Wildman–Crippen LogP) is 3.46. The first-order valence-corrected chi connectivity index (χ1v) is 8.25.